The molecule has 0 unspecified atom stereocenters. The van der Waals surface area contributed by atoms with Crippen LogP contribution in [-0.2, 0) is 23.9 Å². The second-order valence-corrected chi connectivity index (χ2v) is 8.66. The molecule has 0 radical (unpaired) electrons. The molecule has 1 aromatic carbocycles. The summed E-state index contributed by atoms with van der Waals surface area (Å²) in [7, 11) is 1.63. The van der Waals surface area contributed by atoms with Crippen molar-refractivity contribution in [2.75, 3.05) is 13.7 Å². The number of hydrogen-bond donors (Lipinski definition) is 0. The Bertz CT molecular complexity index is 1140. The van der Waals surface area contributed by atoms with Crippen molar-refractivity contribution in [3.05, 3.63) is 53.1 Å². The third kappa shape index (κ3) is 4.19. The van der Waals surface area contributed by atoms with E-state index >= 15 is 0 Å². The summed E-state index contributed by atoms with van der Waals surface area (Å²) in [6, 6.07) is 4.37. The normalized spacial score (nSPS) is 22.7. The van der Waals surface area contributed by atoms with Gasteiger partial charge in [0.1, 0.15) is 5.82 Å². The van der Waals surface area contributed by atoms with Gasteiger partial charge in [-0.05, 0) is 37.5 Å². The first kappa shape index (κ1) is 21.8. The van der Waals surface area contributed by atoms with Crippen LogP contribution in [0.15, 0.2) is 40.7 Å². The maximum absolute atomic E-state index is 13.0. The zero-order valence-electron chi connectivity index (χ0n) is 18.2. The maximum atomic E-state index is 13.0. The molecule has 4 heterocycles. The molecule has 0 aliphatic carbocycles. The number of amides is 1. The lowest BCUT2D eigenvalue weighted by Gasteiger charge is -2.35. The molecule has 0 N–H and O–H groups in total. The number of alkyl halides is 3. The molecule has 2 aromatic rings. The van der Waals surface area contributed by atoms with Crippen LogP contribution in [0.4, 0.5) is 13.2 Å². The minimum absolute atomic E-state index is 0.0220. The van der Waals surface area contributed by atoms with Crippen molar-refractivity contribution in [3.63, 3.8) is 0 Å². The highest BCUT2D eigenvalue weighted by atomic mass is 19.4. The summed E-state index contributed by atoms with van der Waals surface area (Å²) in [5.74, 6) is 0.636. The number of carbonyl (C=O) groups is 1. The highest BCUT2D eigenvalue weighted by Gasteiger charge is 2.35. The monoisotopic (exact) mass is 459 g/mol. The number of hydrogen-bond acceptors (Lipinski definition) is 5. The fourth-order valence-corrected chi connectivity index (χ4v) is 4.74. The van der Waals surface area contributed by atoms with Crippen LogP contribution < -0.4 is 0 Å². The molecule has 0 saturated carbocycles. The number of aryl methyl sites for hydroxylation is 1. The molecule has 3 aliphatic rings. The number of aromatic nitrogens is 2. The molecule has 0 spiro atoms. The van der Waals surface area contributed by atoms with Gasteiger partial charge in [0.05, 0.1) is 35.0 Å². The Balaban J connectivity index is 1.24. The van der Waals surface area contributed by atoms with Crippen molar-refractivity contribution in [3.8, 4) is 0 Å². The van der Waals surface area contributed by atoms with E-state index < -0.39 is 17.6 Å². The Kier molecular flexibility index (Phi) is 5.55. The molecule has 1 amide bonds. The summed E-state index contributed by atoms with van der Waals surface area (Å²) in [6.45, 7) is 1.37. The van der Waals surface area contributed by atoms with Crippen molar-refractivity contribution in [1.82, 2.24) is 14.5 Å². The molecule has 2 atom stereocenters. The quantitative estimate of drug-likeness (QED) is 0.700. The van der Waals surface area contributed by atoms with Gasteiger partial charge in [-0.25, -0.2) is 4.98 Å². The van der Waals surface area contributed by atoms with E-state index in [1.54, 1.807) is 7.05 Å². The van der Waals surface area contributed by atoms with Gasteiger partial charge in [-0.1, -0.05) is 6.07 Å². The zero-order valence-corrected chi connectivity index (χ0v) is 18.2. The van der Waals surface area contributed by atoms with Crippen LogP contribution in [0.1, 0.15) is 53.1 Å². The first-order chi connectivity index (χ1) is 15.8. The lowest BCUT2D eigenvalue weighted by atomic mass is 9.95. The van der Waals surface area contributed by atoms with Gasteiger partial charge in [-0.3, -0.25) is 4.79 Å². The second kappa shape index (κ2) is 8.40. The van der Waals surface area contributed by atoms with Crippen molar-refractivity contribution in [2.24, 2.45) is 10.2 Å². The number of benzene rings is 1. The summed E-state index contributed by atoms with van der Waals surface area (Å²) < 4.78 is 47.3. The predicted molar refractivity (Wildman–Crippen MR) is 115 cm³/mol. The lowest BCUT2D eigenvalue weighted by molar-refractivity contribution is -0.137. The number of carbonyl (C=O) groups excluding carboxylic acids is 1. The van der Waals surface area contributed by atoms with Gasteiger partial charge in [0.25, 0.3) is 5.91 Å². The molecule has 1 saturated heterocycles. The fraction of sp³-hybridized carbons (Fsp3) is 0.478. The Morgan fingerprint density at radius 3 is 2.94 bits per heavy atom. The smallest absolute Gasteiger partial charge is 0.372 e. The van der Waals surface area contributed by atoms with Crippen LogP contribution in [0.3, 0.4) is 0 Å². The van der Waals surface area contributed by atoms with Gasteiger partial charge in [-0.15, -0.1) is 0 Å². The number of imidazole rings is 1. The summed E-state index contributed by atoms with van der Waals surface area (Å²) in [6.07, 6.45) is 0.806. The lowest BCUT2D eigenvalue weighted by Crippen LogP contribution is -2.45. The van der Waals surface area contributed by atoms with Crippen LogP contribution in [0.2, 0.25) is 0 Å². The molecule has 5 rings (SSSR count). The van der Waals surface area contributed by atoms with Crippen molar-refractivity contribution >= 4 is 17.3 Å². The van der Waals surface area contributed by atoms with Crippen molar-refractivity contribution in [2.45, 2.75) is 57.0 Å². The highest BCUT2D eigenvalue weighted by molar-refractivity contribution is 6.15. The van der Waals surface area contributed by atoms with Crippen LogP contribution in [0, 0.1) is 0 Å². The largest absolute Gasteiger partial charge is 0.416 e. The van der Waals surface area contributed by atoms with Crippen molar-refractivity contribution < 1.29 is 22.7 Å². The molecule has 0 bridgehead atoms. The third-order valence-corrected chi connectivity index (χ3v) is 6.60. The van der Waals surface area contributed by atoms with Gasteiger partial charge in [0.15, 0.2) is 0 Å². The summed E-state index contributed by atoms with van der Waals surface area (Å²) in [5.41, 5.74) is 1.86. The molecular weight excluding hydrogens is 435 g/mol. The number of halogens is 3. The molecule has 33 heavy (non-hydrogen) atoms. The van der Waals surface area contributed by atoms with Gasteiger partial charge >= 0.3 is 6.18 Å². The molecule has 7 nitrogen and oxygen atoms in total. The van der Waals surface area contributed by atoms with Crippen LogP contribution in [0.25, 0.3) is 0 Å². The number of fused-ring (bicyclic) bond motifs is 1. The first-order valence-corrected chi connectivity index (χ1v) is 11.1. The number of nitrogens with zero attached hydrogens (tertiary/aromatic N) is 5. The molecular formula is C23H24F3N5O2. The van der Waals surface area contributed by atoms with Gasteiger partial charge in [0, 0.05) is 44.6 Å². The predicted octanol–water partition coefficient (Wildman–Crippen LogP) is 3.72. The number of rotatable bonds is 4. The van der Waals surface area contributed by atoms with E-state index in [4.69, 9.17) is 4.74 Å². The zero-order chi connectivity index (χ0) is 23.2. The maximum Gasteiger partial charge on any atom is 0.416 e. The second-order valence-electron chi connectivity index (χ2n) is 8.66. The van der Waals surface area contributed by atoms with Gasteiger partial charge in [-0.2, -0.15) is 23.4 Å². The van der Waals surface area contributed by atoms with E-state index in [9.17, 15) is 18.0 Å². The van der Waals surface area contributed by atoms with E-state index in [1.165, 1.54) is 17.0 Å². The molecule has 10 heteroatoms. The first-order valence-electron chi connectivity index (χ1n) is 11.1. The third-order valence-electron chi connectivity index (χ3n) is 6.60. The summed E-state index contributed by atoms with van der Waals surface area (Å²) >= 11 is 0. The standard InChI is InChI=1S/C23H24F3N5O2/c1-30(22(32)14-4-2-5-15(10-14)23(24,25)26)16-7-9-33-20(11-16)18-12-17(28-29-18)19-13-27-21-6-3-8-31(19)21/h2,4-5,10,13,16,20H,3,6-9,11-12H2,1H3/t16-,20+/m1/s1. The van der Waals surface area contributed by atoms with Crippen molar-refractivity contribution in [1.29, 1.82) is 0 Å². The van der Waals surface area contributed by atoms with E-state index in [2.05, 4.69) is 19.8 Å². The average Bonchev–Trinajstić information content (AvgIpc) is 3.55. The highest BCUT2D eigenvalue weighted by Crippen LogP contribution is 2.30. The topological polar surface area (TPSA) is 72.1 Å². The summed E-state index contributed by atoms with van der Waals surface area (Å²) in [4.78, 5) is 18.9. The van der Waals surface area contributed by atoms with E-state index in [-0.39, 0.29) is 17.7 Å². The molecule has 3 aliphatic heterocycles. The van der Waals surface area contributed by atoms with E-state index in [0.29, 0.717) is 25.9 Å². The molecule has 1 fully saturated rings. The Morgan fingerprint density at radius 2 is 2.12 bits per heavy atom. The summed E-state index contributed by atoms with van der Waals surface area (Å²) in [5, 5.41) is 8.74. The van der Waals surface area contributed by atoms with E-state index in [1.807, 2.05) is 6.20 Å². The van der Waals surface area contributed by atoms with E-state index in [0.717, 1.165) is 54.5 Å². The van der Waals surface area contributed by atoms with Crippen LogP contribution >= 0.6 is 0 Å². The Labute approximate surface area is 189 Å². The van der Waals surface area contributed by atoms with Crippen LogP contribution in [-0.4, -0.2) is 57.6 Å². The number of ether oxygens (including phenoxy) is 1. The minimum atomic E-state index is -4.49. The fourth-order valence-electron chi connectivity index (χ4n) is 4.74. The van der Waals surface area contributed by atoms with Crippen LogP contribution in [0.5, 0.6) is 0 Å². The molecule has 1 aromatic heterocycles. The van der Waals surface area contributed by atoms with Gasteiger partial charge in [0.2, 0.25) is 0 Å². The Hall–Kier alpha value is -3.01. The minimum Gasteiger partial charge on any atom is -0.372 e. The SMILES string of the molecule is CN(C(=O)c1cccc(C(F)(F)F)c1)[C@@H]1CCO[C@H](C2=NN=C(c3cnc4n3CCC4)C2)C1. The Morgan fingerprint density at radius 1 is 1.27 bits per heavy atom. The molecule has 174 valence electrons. The average molecular weight is 459 g/mol. The van der Waals surface area contributed by atoms with Gasteiger partial charge < -0.3 is 14.2 Å².